The van der Waals surface area contributed by atoms with Crippen LogP contribution in [0, 0.1) is 0 Å². The van der Waals surface area contributed by atoms with E-state index in [4.69, 9.17) is 4.74 Å². The number of nitrogens with zero attached hydrogens (tertiary/aromatic N) is 5. The minimum absolute atomic E-state index is 0.0459. The average molecular weight is 338 g/mol. The highest BCUT2D eigenvalue weighted by atomic mass is 16.5. The summed E-state index contributed by atoms with van der Waals surface area (Å²) in [5.41, 5.74) is 1.65. The number of rotatable bonds is 5. The largest absolute Gasteiger partial charge is 0.378 e. The maximum atomic E-state index is 12.8. The number of ether oxygens (including phenoxy) is 1. The van der Waals surface area contributed by atoms with Gasteiger partial charge in [0, 0.05) is 25.4 Å². The Kier molecular flexibility index (Phi) is 4.02. The molecule has 1 atom stereocenters. The number of aromatic nitrogens is 4. The normalized spacial score (nSPS) is 17.4. The van der Waals surface area contributed by atoms with E-state index in [1.165, 1.54) is 6.33 Å². The Labute approximate surface area is 144 Å². The summed E-state index contributed by atoms with van der Waals surface area (Å²) in [5, 5.41) is 7.47. The van der Waals surface area contributed by atoms with Gasteiger partial charge in [-0.3, -0.25) is 4.79 Å². The number of fused-ring (bicyclic) bond motifs is 1. The molecule has 0 radical (unpaired) electrons. The van der Waals surface area contributed by atoms with E-state index in [0.29, 0.717) is 31.2 Å². The van der Waals surface area contributed by atoms with Gasteiger partial charge in [0.05, 0.1) is 12.3 Å². The number of methoxy groups -OCH3 is 1. The third-order valence-corrected chi connectivity index (χ3v) is 4.19. The third-order valence-electron chi connectivity index (χ3n) is 4.19. The molecule has 0 saturated carbocycles. The second kappa shape index (κ2) is 6.48. The Balaban J connectivity index is 1.59. The average Bonchev–Trinajstić information content (AvgIpc) is 3.23. The lowest BCUT2D eigenvalue weighted by Crippen LogP contribution is -2.34. The SMILES string of the molecule is COCc1cc(NC2CCN(c3ccccc3)C2=O)n2ncnc2n1. The van der Waals surface area contributed by atoms with Crippen LogP contribution < -0.4 is 10.2 Å². The zero-order valence-electron chi connectivity index (χ0n) is 13.8. The van der Waals surface area contributed by atoms with Crippen molar-refractivity contribution < 1.29 is 9.53 Å². The lowest BCUT2D eigenvalue weighted by molar-refractivity contribution is -0.117. The number of amides is 1. The van der Waals surface area contributed by atoms with Gasteiger partial charge in [-0.05, 0) is 18.6 Å². The summed E-state index contributed by atoms with van der Waals surface area (Å²) in [6.07, 6.45) is 2.16. The van der Waals surface area contributed by atoms with E-state index >= 15 is 0 Å². The quantitative estimate of drug-likeness (QED) is 0.759. The second-order valence-corrected chi connectivity index (χ2v) is 5.85. The first-order valence-corrected chi connectivity index (χ1v) is 8.08. The molecule has 1 amide bonds. The molecule has 1 fully saturated rings. The number of hydrogen-bond acceptors (Lipinski definition) is 6. The Morgan fingerprint density at radius 2 is 2.16 bits per heavy atom. The molecular formula is C17H18N6O2. The minimum Gasteiger partial charge on any atom is -0.378 e. The van der Waals surface area contributed by atoms with E-state index in [9.17, 15) is 4.79 Å². The minimum atomic E-state index is -0.314. The van der Waals surface area contributed by atoms with Crippen LogP contribution in [0.3, 0.4) is 0 Å². The van der Waals surface area contributed by atoms with Crippen LogP contribution >= 0.6 is 0 Å². The van der Waals surface area contributed by atoms with E-state index in [1.54, 1.807) is 16.5 Å². The van der Waals surface area contributed by atoms with E-state index in [0.717, 1.165) is 11.4 Å². The topological polar surface area (TPSA) is 84.7 Å². The van der Waals surface area contributed by atoms with Gasteiger partial charge in [-0.2, -0.15) is 14.6 Å². The number of para-hydroxylation sites is 1. The molecule has 3 heterocycles. The molecule has 0 spiro atoms. The highest BCUT2D eigenvalue weighted by Crippen LogP contribution is 2.23. The molecule has 8 nitrogen and oxygen atoms in total. The van der Waals surface area contributed by atoms with Gasteiger partial charge < -0.3 is 15.0 Å². The van der Waals surface area contributed by atoms with Crippen molar-refractivity contribution in [1.29, 1.82) is 0 Å². The molecule has 1 saturated heterocycles. The first-order valence-electron chi connectivity index (χ1n) is 8.08. The predicted molar refractivity (Wildman–Crippen MR) is 92.3 cm³/mol. The van der Waals surface area contributed by atoms with Crippen LogP contribution in [0.2, 0.25) is 0 Å². The van der Waals surface area contributed by atoms with E-state index in [2.05, 4.69) is 20.4 Å². The summed E-state index contributed by atoms with van der Waals surface area (Å²) in [6, 6.07) is 11.2. The maximum absolute atomic E-state index is 12.8. The number of carbonyl (C=O) groups is 1. The molecular weight excluding hydrogens is 320 g/mol. The molecule has 4 rings (SSSR count). The van der Waals surface area contributed by atoms with Crippen molar-refractivity contribution in [2.24, 2.45) is 0 Å². The summed E-state index contributed by atoms with van der Waals surface area (Å²) in [5.74, 6) is 1.20. The van der Waals surface area contributed by atoms with E-state index < -0.39 is 0 Å². The lowest BCUT2D eigenvalue weighted by atomic mass is 10.2. The molecule has 2 aromatic heterocycles. The van der Waals surface area contributed by atoms with Crippen LogP contribution in [-0.4, -0.2) is 45.2 Å². The fraction of sp³-hybridized carbons (Fsp3) is 0.294. The van der Waals surface area contributed by atoms with E-state index in [1.807, 2.05) is 36.4 Å². The molecule has 1 unspecified atom stereocenters. The summed E-state index contributed by atoms with van der Waals surface area (Å²) in [4.78, 5) is 23.1. The molecule has 1 aliphatic rings. The van der Waals surface area contributed by atoms with Crippen LogP contribution in [-0.2, 0) is 16.1 Å². The number of anilines is 2. The summed E-state index contributed by atoms with van der Waals surface area (Å²) in [7, 11) is 1.61. The Hall–Kier alpha value is -3.00. The lowest BCUT2D eigenvalue weighted by Gasteiger charge is -2.18. The van der Waals surface area contributed by atoms with Crippen molar-refractivity contribution in [3.63, 3.8) is 0 Å². The van der Waals surface area contributed by atoms with Crippen LogP contribution in [0.4, 0.5) is 11.5 Å². The van der Waals surface area contributed by atoms with Crippen LogP contribution in [0.15, 0.2) is 42.7 Å². The molecule has 3 aromatic rings. The van der Waals surface area contributed by atoms with Gasteiger partial charge in [0.15, 0.2) is 0 Å². The van der Waals surface area contributed by atoms with Gasteiger partial charge in [0.25, 0.3) is 5.78 Å². The van der Waals surface area contributed by atoms with E-state index in [-0.39, 0.29) is 11.9 Å². The molecule has 0 aliphatic carbocycles. The first-order chi connectivity index (χ1) is 12.3. The maximum Gasteiger partial charge on any atom is 0.254 e. The van der Waals surface area contributed by atoms with Gasteiger partial charge in [-0.1, -0.05) is 18.2 Å². The molecule has 1 aromatic carbocycles. The van der Waals surface area contributed by atoms with Crippen LogP contribution in [0.25, 0.3) is 5.78 Å². The second-order valence-electron chi connectivity index (χ2n) is 5.85. The van der Waals surface area contributed by atoms with Gasteiger partial charge in [-0.25, -0.2) is 4.98 Å². The first kappa shape index (κ1) is 15.5. The third kappa shape index (κ3) is 2.91. The Morgan fingerprint density at radius 1 is 1.32 bits per heavy atom. The molecule has 1 aliphatic heterocycles. The zero-order valence-corrected chi connectivity index (χ0v) is 13.8. The Bertz CT molecular complexity index is 895. The summed E-state index contributed by atoms with van der Waals surface area (Å²) < 4.78 is 6.75. The van der Waals surface area contributed by atoms with Crippen molar-refractivity contribution in [2.75, 3.05) is 23.9 Å². The number of benzene rings is 1. The van der Waals surface area contributed by atoms with Crippen molar-refractivity contribution in [1.82, 2.24) is 19.6 Å². The fourth-order valence-electron chi connectivity index (χ4n) is 3.04. The summed E-state index contributed by atoms with van der Waals surface area (Å²) in [6.45, 7) is 1.05. The van der Waals surface area contributed by atoms with Crippen molar-refractivity contribution in [2.45, 2.75) is 19.1 Å². The van der Waals surface area contributed by atoms with Gasteiger partial charge >= 0.3 is 0 Å². The number of nitrogens with one attached hydrogen (secondary N) is 1. The van der Waals surface area contributed by atoms with Gasteiger partial charge in [-0.15, -0.1) is 0 Å². The highest BCUT2D eigenvalue weighted by molar-refractivity contribution is 6.00. The summed E-state index contributed by atoms with van der Waals surface area (Å²) >= 11 is 0. The molecule has 1 N–H and O–H groups in total. The van der Waals surface area contributed by atoms with Crippen molar-refractivity contribution in [3.05, 3.63) is 48.4 Å². The molecule has 0 bridgehead atoms. The number of hydrogen-bond donors (Lipinski definition) is 1. The zero-order chi connectivity index (χ0) is 17.2. The van der Waals surface area contributed by atoms with Gasteiger partial charge in [0.2, 0.25) is 5.91 Å². The van der Waals surface area contributed by atoms with Crippen LogP contribution in [0.1, 0.15) is 12.1 Å². The number of carbonyl (C=O) groups excluding carboxylic acids is 1. The fourth-order valence-corrected chi connectivity index (χ4v) is 3.04. The van der Waals surface area contributed by atoms with Crippen molar-refractivity contribution in [3.8, 4) is 0 Å². The molecule has 128 valence electrons. The van der Waals surface area contributed by atoms with Crippen molar-refractivity contribution >= 4 is 23.2 Å². The molecule has 8 heteroatoms. The molecule has 25 heavy (non-hydrogen) atoms. The standard InChI is InChI=1S/C17H18N6O2/c1-25-10-12-9-15(23-17(20-12)18-11-19-23)21-14-7-8-22(16(14)24)13-5-3-2-4-6-13/h2-6,9,11,14,21H,7-8,10H2,1H3. The highest BCUT2D eigenvalue weighted by Gasteiger charge is 2.33. The monoisotopic (exact) mass is 338 g/mol. The Morgan fingerprint density at radius 3 is 2.96 bits per heavy atom. The smallest absolute Gasteiger partial charge is 0.254 e. The van der Waals surface area contributed by atoms with Crippen LogP contribution in [0.5, 0.6) is 0 Å². The van der Waals surface area contributed by atoms with Gasteiger partial charge in [0.1, 0.15) is 18.2 Å². The predicted octanol–water partition coefficient (Wildman–Crippen LogP) is 1.49.